The quantitative estimate of drug-likeness (QED) is 0.668. The van der Waals surface area contributed by atoms with Gasteiger partial charge in [0, 0.05) is 6.04 Å². The van der Waals surface area contributed by atoms with Gasteiger partial charge in [-0.3, -0.25) is 0 Å². The van der Waals surface area contributed by atoms with E-state index in [1.165, 1.54) is 27.1 Å². The van der Waals surface area contributed by atoms with E-state index in [2.05, 4.69) is 61.5 Å². The normalized spacial score (nSPS) is 12.3. The van der Waals surface area contributed by atoms with Crippen molar-refractivity contribution in [3.63, 3.8) is 0 Å². The van der Waals surface area contributed by atoms with E-state index in [0.717, 1.165) is 19.3 Å². The maximum absolute atomic E-state index is 6.30. The summed E-state index contributed by atoms with van der Waals surface area (Å²) in [6.45, 7) is 2.20. The lowest BCUT2D eigenvalue weighted by Gasteiger charge is -2.15. The van der Waals surface area contributed by atoms with Gasteiger partial charge in [-0.1, -0.05) is 61.9 Å². The summed E-state index contributed by atoms with van der Waals surface area (Å²) >= 11 is 0. The van der Waals surface area contributed by atoms with Crippen LogP contribution in [0, 0.1) is 0 Å². The highest BCUT2D eigenvalue weighted by molar-refractivity contribution is 6.02. The van der Waals surface area contributed by atoms with E-state index in [1.54, 1.807) is 0 Å². The van der Waals surface area contributed by atoms with Crippen LogP contribution in [-0.2, 0) is 6.42 Å². The second-order valence-corrected chi connectivity index (χ2v) is 5.55. The molecule has 0 saturated carbocycles. The molecule has 1 nitrogen and oxygen atoms in total. The molecule has 0 aliphatic carbocycles. The molecule has 2 heteroatoms. The molecule has 0 aromatic heterocycles. The molecule has 3 rings (SSSR count). The van der Waals surface area contributed by atoms with E-state index in [-0.39, 0.29) is 18.4 Å². The van der Waals surface area contributed by atoms with Gasteiger partial charge in [-0.05, 0) is 46.0 Å². The molecular formula is C19H22ClN. The number of hydrogen-bond donors (Lipinski definition) is 1. The van der Waals surface area contributed by atoms with E-state index in [9.17, 15) is 0 Å². The summed E-state index contributed by atoms with van der Waals surface area (Å²) in [6, 6.07) is 19.8. The number of halogens is 1. The molecule has 110 valence electrons. The zero-order valence-electron chi connectivity index (χ0n) is 12.4. The SMILES string of the molecule is CCCC(N)Cc1c2ccccc2cc2ccccc12.Cl. The molecule has 3 aromatic carbocycles. The van der Waals surface area contributed by atoms with Crippen LogP contribution in [0.3, 0.4) is 0 Å². The second kappa shape index (κ2) is 6.93. The van der Waals surface area contributed by atoms with Crippen molar-refractivity contribution in [3.8, 4) is 0 Å². The van der Waals surface area contributed by atoms with Gasteiger partial charge in [0.05, 0.1) is 0 Å². The predicted octanol–water partition coefficient (Wildman–Crippen LogP) is 5.08. The monoisotopic (exact) mass is 299 g/mol. The molecule has 0 fully saturated rings. The van der Waals surface area contributed by atoms with E-state index in [1.807, 2.05) is 0 Å². The van der Waals surface area contributed by atoms with Crippen LogP contribution < -0.4 is 5.73 Å². The van der Waals surface area contributed by atoms with Crippen molar-refractivity contribution in [2.24, 2.45) is 5.73 Å². The minimum atomic E-state index is 0. The van der Waals surface area contributed by atoms with Crippen LogP contribution in [0.2, 0.25) is 0 Å². The van der Waals surface area contributed by atoms with Gasteiger partial charge in [0.2, 0.25) is 0 Å². The summed E-state index contributed by atoms with van der Waals surface area (Å²) in [5.41, 5.74) is 7.70. The summed E-state index contributed by atoms with van der Waals surface area (Å²) in [5, 5.41) is 5.31. The van der Waals surface area contributed by atoms with Gasteiger partial charge >= 0.3 is 0 Å². The number of nitrogens with two attached hydrogens (primary N) is 1. The first-order chi connectivity index (χ1) is 9.79. The lowest BCUT2D eigenvalue weighted by Crippen LogP contribution is -2.22. The van der Waals surface area contributed by atoms with Crippen molar-refractivity contribution in [3.05, 3.63) is 60.2 Å². The highest BCUT2D eigenvalue weighted by atomic mass is 35.5. The third kappa shape index (κ3) is 3.20. The van der Waals surface area contributed by atoms with Crippen molar-refractivity contribution in [1.29, 1.82) is 0 Å². The molecule has 0 saturated heterocycles. The topological polar surface area (TPSA) is 26.0 Å². The average Bonchev–Trinajstić information content (AvgIpc) is 2.47. The molecule has 0 amide bonds. The Bertz CT molecular complexity index is 682. The summed E-state index contributed by atoms with van der Waals surface area (Å²) in [7, 11) is 0. The van der Waals surface area contributed by atoms with Crippen molar-refractivity contribution in [1.82, 2.24) is 0 Å². The van der Waals surface area contributed by atoms with Crippen LogP contribution in [0.25, 0.3) is 21.5 Å². The average molecular weight is 300 g/mol. The lowest BCUT2D eigenvalue weighted by molar-refractivity contribution is 0.604. The fourth-order valence-corrected chi connectivity index (χ4v) is 3.06. The summed E-state index contributed by atoms with van der Waals surface area (Å²) in [6.07, 6.45) is 3.18. The first kappa shape index (κ1) is 15.8. The number of rotatable bonds is 4. The summed E-state index contributed by atoms with van der Waals surface area (Å²) in [5.74, 6) is 0. The zero-order valence-corrected chi connectivity index (χ0v) is 13.2. The Labute approximate surface area is 132 Å². The second-order valence-electron chi connectivity index (χ2n) is 5.55. The molecular weight excluding hydrogens is 278 g/mol. The van der Waals surface area contributed by atoms with Crippen molar-refractivity contribution < 1.29 is 0 Å². The molecule has 1 unspecified atom stereocenters. The summed E-state index contributed by atoms with van der Waals surface area (Å²) in [4.78, 5) is 0. The number of benzene rings is 3. The van der Waals surface area contributed by atoms with Gasteiger partial charge in [-0.2, -0.15) is 0 Å². The smallest absolute Gasteiger partial charge is 0.00796 e. The molecule has 0 aliphatic heterocycles. The third-order valence-corrected chi connectivity index (χ3v) is 4.01. The Morgan fingerprint density at radius 2 is 1.43 bits per heavy atom. The fraction of sp³-hybridized carbons (Fsp3) is 0.263. The first-order valence-corrected chi connectivity index (χ1v) is 7.44. The van der Waals surface area contributed by atoms with Crippen LogP contribution in [0.1, 0.15) is 25.3 Å². The van der Waals surface area contributed by atoms with E-state index in [0.29, 0.717) is 0 Å². The lowest BCUT2D eigenvalue weighted by atomic mass is 9.92. The van der Waals surface area contributed by atoms with E-state index >= 15 is 0 Å². The molecule has 21 heavy (non-hydrogen) atoms. The van der Waals surface area contributed by atoms with Crippen molar-refractivity contribution >= 4 is 34.0 Å². The largest absolute Gasteiger partial charge is 0.327 e. The number of fused-ring (bicyclic) bond motifs is 2. The molecule has 3 aromatic rings. The Morgan fingerprint density at radius 1 is 0.905 bits per heavy atom. The molecule has 0 aliphatic rings. The van der Waals surface area contributed by atoms with Gasteiger partial charge in [0.15, 0.2) is 0 Å². The van der Waals surface area contributed by atoms with E-state index in [4.69, 9.17) is 5.73 Å². The van der Waals surface area contributed by atoms with Crippen LogP contribution in [-0.4, -0.2) is 6.04 Å². The highest BCUT2D eigenvalue weighted by Crippen LogP contribution is 2.29. The molecule has 0 bridgehead atoms. The maximum atomic E-state index is 6.30. The van der Waals surface area contributed by atoms with Crippen molar-refractivity contribution in [2.75, 3.05) is 0 Å². The Balaban J connectivity index is 0.00000161. The van der Waals surface area contributed by atoms with Crippen molar-refractivity contribution in [2.45, 2.75) is 32.2 Å². The molecule has 1 atom stereocenters. The minimum Gasteiger partial charge on any atom is -0.327 e. The third-order valence-electron chi connectivity index (χ3n) is 4.01. The highest BCUT2D eigenvalue weighted by Gasteiger charge is 2.10. The molecule has 2 N–H and O–H groups in total. The van der Waals surface area contributed by atoms with Crippen LogP contribution in [0.5, 0.6) is 0 Å². The molecule has 0 heterocycles. The van der Waals surface area contributed by atoms with Gasteiger partial charge in [-0.15, -0.1) is 12.4 Å². The Morgan fingerprint density at radius 3 is 1.95 bits per heavy atom. The van der Waals surface area contributed by atoms with Crippen LogP contribution in [0.4, 0.5) is 0 Å². The molecule has 0 spiro atoms. The van der Waals surface area contributed by atoms with E-state index < -0.39 is 0 Å². The zero-order chi connectivity index (χ0) is 13.9. The molecule has 0 radical (unpaired) electrons. The predicted molar refractivity (Wildman–Crippen MR) is 95.3 cm³/mol. The first-order valence-electron chi connectivity index (χ1n) is 7.44. The van der Waals surface area contributed by atoms with Gasteiger partial charge < -0.3 is 5.73 Å². The maximum Gasteiger partial charge on any atom is 0.00796 e. The minimum absolute atomic E-state index is 0. The summed E-state index contributed by atoms with van der Waals surface area (Å²) < 4.78 is 0. The standard InChI is InChI=1S/C19H21N.ClH/c1-2-7-16(20)13-19-17-10-5-3-8-14(17)12-15-9-4-6-11-18(15)19;/h3-6,8-12,16H,2,7,13,20H2,1H3;1H. The van der Waals surface area contributed by atoms with Gasteiger partial charge in [0.25, 0.3) is 0 Å². The van der Waals surface area contributed by atoms with Crippen LogP contribution in [0.15, 0.2) is 54.6 Å². The fourth-order valence-electron chi connectivity index (χ4n) is 3.06. The Hall–Kier alpha value is -1.57. The number of hydrogen-bond acceptors (Lipinski definition) is 1. The van der Waals surface area contributed by atoms with Gasteiger partial charge in [-0.25, -0.2) is 0 Å². The van der Waals surface area contributed by atoms with Crippen LogP contribution >= 0.6 is 12.4 Å². The van der Waals surface area contributed by atoms with Gasteiger partial charge in [0.1, 0.15) is 0 Å². The Kier molecular flexibility index (Phi) is 5.22.